The van der Waals surface area contributed by atoms with Gasteiger partial charge in [-0.3, -0.25) is 4.79 Å². The summed E-state index contributed by atoms with van der Waals surface area (Å²) in [6.07, 6.45) is 0.449. The third-order valence-electron chi connectivity index (χ3n) is 3.80. The van der Waals surface area contributed by atoms with Crippen molar-refractivity contribution in [1.82, 2.24) is 4.90 Å². The van der Waals surface area contributed by atoms with Crippen LogP contribution in [0.3, 0.4) is 0 Å². The molecule has 0 unspecified atom stereocenters. The Balaban J connectivity index is 1.97. The molecule has 0 aromatic heterocycles. The lowest BCUT2D eigenvalue weighted by molar-refractivity contribution is -0.127. The highest BCUT2D eigenvalue weighted by molar-refractivity contribution is 5.78. The van der Waals surface area contributed by atoms with E-state index in [1.807, 2.05) is 24.3 Å². The Kier molecular flexibility index (Phi) is 5.21. The van der Waals surface area contributed by atoms with Gasteiger partial charge in [-0.05, 0) is 42.7 Å². The minimum atomic E-state index is 0.121. The summed E-state index contributed by atoms with van der Waals surface area (Å²) >= 11 is 0. The van der Waals surface area contributed by atoms with Crippen LogP contribution in [0.15, 0.2) is 42.5 Å². The van der Waals surface area contributed by atoms with E-state index in [9.17, 15) is 4.79 Å². The van der Waals surface area contributed by atoms with Gasteiger partial charge in [0.1, 0.15) is 0 Å². The summed E-state index contributed by atoms with van der Waals surface area (Å²) in [5.41, 5.74) is 6.00. The first kappa shape index (κ1) is 16.1. The second-order valence-electron chi connectivity index (χ2n) is 5.95. The lowest BCUT2D eigenvalue weighted by Gasteiger charge is -2.12. The summed E-state index contributed by atoms with van der Waals surface area (Å²) in [6.45, 7) is 5.05. The smallest absolute Gasteiger partial charge is 0.226 e. The number of hydrogen-bond donors (Lipinski definition) is 1. The molecule has 22 heavy (non-hydrogen) atoms. The lowest BCUT2D eigenvalue weighted by atomic mass is 10.1. The number of benzene rings is 2. The molecule has 0 heterocycles. The minimum absolute atomic E-state index is 0.121. The quantitative estimate of drug-likeness (QED) is 0.915. The molecule has 2 aromatic carbocycles. The SMILES string of the molecule is Cc1ccc(C)c(CNc2ccc(CC(=O)N(C)C)cc2)c1. The van der Waals surface area contributed by atoms with Crippen LogP contribution in [0.1, 0.15) is 22.3 Å². The Labute approximate surface area is 133 Å². The van der Waals surface area contributed by atoms with Crippen LogP contribution in [0.5, 0.6) is 0 Å². The van der Waals surface area contributed by atoms with Crippen LogP contribution in [0, 0.1) is 13.8 Å². The maximum absolute atomic E-state index is 11.7. The monoisotopic (exact) mass is 296 g/mol. The van der Waals surface area contributed by atoms with Gasteiger partial charge in [-0.2, -0.15) is 0 Å². The summed E-state index contributed by atoms with van der Waals surface area (Å²) in [7, 11) is 3.56. The number of carbonyl (C=O) groups excluding carboxylic acids is 1. The number of aryl methyl sites for hydroxylation is 2. The molecule has 0 saturated heterocycles. The van der Waals surface area contributed by atoms with Crippen molar-refractivity contribution in [2.45, 2.75) is 26.8 Å². The number of amides is 1. The van der Waals surface area contributed by atoms with Gasteiger partial charge in [-0.15, -0.1) is 0 Å². The Morgan fingerprint density at radius 1 is 1.05 bits per heavy atom. The molecule has 0 bridgehead atoms. The summed E-state index contributed by atoms with van der Waals surface area (Å²) in [5, 5.41) is 3.44. The number of anilines is 1. The second kappa shape index (κ2) is 7.12. The van der Waals surface area contributed by atoms with E-state index in [1.165, 1.54) is 16.7 Å². The zero-order chi connectivity index (χ0) is 16.1. The van der Waals surface area contributed by atoms with Crippen molar-refractivity contribution >= 4 is 11.6 Å². The van der Waals surface area contributed by atoms with Gasteiger partial charge in [0.2, 0.25) is 5.91 Å². The van der Waals surface area contributed by atoms with E-state index >= 15 is 0 Å². The number of nitrogens with one attached hydrogen (secondary N) is 1. The summed E-state index contributed by atoms with van der Waals surface area (Å²) < 4.78 is 0. The zero-order valence-electron chi connectivity index (χ0n) is 13.8. The number of nitrogens with zero attached hydrogens (tertiary/aromatic N) is 1. The van der Waals surface area contributed by atoms with Gasteiger partial charge in [0.15, 0.2) is 0 Å². The van der Waals surface area contributed by atoms with E-state index < -0.39 is 0 Å². The number of rotatable bonds is 5. The van der Waals surface area contributed by atoms with E-state index in [1.54, 1.807) is 19.0 Å². The van der Waals surface area contributed by atoms with Crippen molar-refractivity contribution in [3.05, 3.63) is 64.7 Å². The Hall–Kier alpha value is -2.29. The van der Waals surface area contributed by atoms with Gasteiger partial charge in [0.05, 0.1) is 6.42 Å². The van der Waals surface area contributed by atoms with E-state index in [0.29, 0.717) is 6.42 Å². The van der Waals surface area contributed by atoms with E-state index in [2.05, 4.69) is 37.4 Å². The van der Waals surface area contributed by atoms with Crippen LogP contribution < -0.4 is 5.32 Å². The third kappa shape index (κ3) is 4.35. The highest BCUT2D eigenvalue weighted by Gasteiger charge is 2.05. The lowest BCUT2D eigenvalue weighted by Crippen LogP contribution is -2.23. The minimum Gasteiger partial charge on any atom is -0.381 e. The summed E-state index contributed by atoms with van der Waals surface area (Å²) in [6, 6.07) is 14.6. The molecule has 0 spiro atoms. The standard InChI is InChI=1S/C19H24N2O/c1-14-5-6-15(2)17(11-14)13-20-18-9-7-16(8-10-18)12-19(22)21(3)4/h5-11,20H,12-13H2,1-4H3. The molecule has 1 N–H and O–H groups in total. The first-order chi connectivity index (χ1) is 10.5. The van der Waals surface area contributed by atoms with Crippen molar-refractivity contribution in [2.24, 2.45) is 0 Å². The van der Waals surface area contributed by atoms with Gasteiger partial charge in [-0.1, -0.05) is 35.9 Å². The topological polar surface area (TPSA) is 32.3 Å². The van der Waals surface area contributed by atoms with Crippen molar-refractivity contribution < 1.29 is 4.79 Å². The summed E-state index contributed by atoms with van der Waals surface area (Å²) in [4.78, 5) is 13.3. The Morgan fingerprint density at radius 2 is 1.73 bits per heavy atom. The number of carbonyl (C=O) groups is 1. The zero-order valence-corrected chi connectivity index (χ0v) is 13.8. The molecule has 1 amide bonds. The van der Waals surface area contributed by atoms with Crippen LogP contribution in [0.4, 0.5) is 5.69 Å². The fourth-order valence-electron chi connectivity index (χ4n) is 2.26. The average molecular weight is 296 g/mol. The normalized spacial score (nSPS) is 10.4. The fraction of sp³-hybridized carbons (Fsp3) is 0.316. The second-order valence-corrected chi connectivity index (χ2v) is 5.95. The van der Waals surface area contributed by atoms with Crippen LogP contribution in [-0.4, -0.2) is 24.9 Å². The van der Waals surface area contributed by atoms with Crippen molar-refractivity contribution in [1.29, 1.82) is 0 Å². The molecule has 0 aliphatic heterocycles. The molecule has 0 aliphatic carbocycles. The molecule has 0 atom stereocenters. The predicted molar refractivity (Wildman–Crippen MR) is 92.1 cm³/mol. The predicted octanol–water partition coefficient (Wildman–Crippen LogP) is 3.55. The Bertz CT molecular complexity index is 645. The summed E-state index contributed by atoms with van der Waals surface area (Å²) in [5.74, 6) is 0.121. The first-order valence-electron chi connectivity index (χ1n) is 7.55. The van der Waals surface area contributed by atoms with Crippen molar-refractivity contribution in [3.8, 4) is 0 Å². The van der Waals surface area contributed by atoms with E-state index in [4.69, 9.17) is 0 Å². The third-order valence-corrected chi connectivity index (χ3v) is 3.80. The maximum atomic E-state index is 11.7. The van der Waals surface area contributed by atoms with E-state index in [-0.39, 0.29) is 5.91 Å². The van der Waals surface area contributed by atoms with Gasteiger partial charge in [0.25, 0.3) is 0 Å². The van der Waals surface area contributed by atoms with Crippen molar-refractivity contribution in [3.63, 3.8) is 0 Å². The molecule has 3 nitrogen and oxygen atoms in total. The van der Waals surface area contributed by atoms with Crippen LogP contribution in [0.25, 0.3) is 0 Å². The molecule has 2 rings (SSSR count). The van der Waals surface area contributed by atoms with Crippen LogP contribution in [-0.2, 0) is 17.8 Å². The van der Waals surface area contributed by atoms with Gasteiger partial charge < -0.3 is 10.2 Å². The number of hydrogen-bond acceptors (Lipinski definition) is 2. The van der Waals surface area contributed by atoms with Gasteiger partial charge >= 0.3 is 0 Å². The van der Waals surface area contributed by atoms with Crippen molar-refractivity contribution in [2.75, 3.05) is 19.4 Å². The number of likely N-dealkylation sites (N-methyl/N-ethyl adjacent to an activating group) is 1. The molecular weight excluding hydrogens is 272 g/mol. The van der Waals surface area contributed by atoms with Crippen LogP contribution >= 0.6 is 0 Å². The molecule has 0 aliphatic rings. The van der Waals surface area contributed by atoms with Crippen LogP contribution in [0.2, 0.25) is 0 Å². The van der Waals surface area contributed by atoms with Gasteiger partial charge in [-0.25, -0.2) is 0 Å². The first-order valence-corrected chi connectivity index (χ1v) is 7.55. The molecular formula is C19H24N2O. The molecule has 116 valence electrons. The van der Waals surface area contributed by atoms with E-state index in [0.717, 1.165) is 17.8 Å². The average Bonchev–Trinajstić information content (AvgIpc) is 2.49. The highest BCUT2D eigenvalue weighted by Crippen LogP contribution is 2.15. The molecule has 0 radical (unpaired) electrons. The fourth-order valence-corrected chi connectivity index (χ4v) is 2.26. The molecule has 2 aromatic rings. The molecule has 0 fully saturated rings. The Morgan fingerprint density at radius 3 is 2.36 bits per heavy atom. The molecule has 0 saturated carbocycles. The maximum Gasteiger partial charge on any atom is 0.226 e. The molecule has 3 heteroatoms. The highest BCUT2D eigenvalue weighted by atomic mass is 16.2. The largest absolute Gasteiger partial charge is 0.381 e. The van der Waals surface area contributed by atoms with Gasteiger partial charge in [0, 0.05) is 26.3 Å².